The molecule has 0 radical (unpaired) electrons. The van der Waals surface area contributed by atoms with Gasteiger partial charge in [-0.25, -0.2) is 0 Å². The summed E-state index contributed by atoms with van der Waals surface area (Å²) in [6.45, 7) is 3.35. The average molecular weight is 276 g/mol. The molecule has 1 saturated carbocycles. The summed E-state index contributed by atoms with van der Waals surface area (Å²) in [6, 6.07) is 1.84. The molecule has 3 heterocycles. The first-order valence-electron chi connectivity index (χ1n) is 7.59. The number of rotatable bonds is 2. The second-order valence-corrected chi connectivity index (χ2v) is 6.48. The highest BCUT2D eigenvalue weighted by molar-refractivity contribution is 5.92. The third-order valence-electron chi connectivity index (χ3n) is 5.01. The van der Waals surface area contributed by atoms with Gasteiger partial charge >= 0.3 is 0 Å². The lowest BCUT2D eigenvalue weighted by Crippen LogP contribution is -2.35. The van der Waals surface area contributed by atoms with Gasteiger partial charge in [0.2, 0.25) is 0 Å². The molecule has 1 spiro atoms. The number of hydrogen-bond acceptors (Lipinski definition) is 4. The van der Waals surface area contributed by atoms with Crippen molar-refractivity contribution in [2.45, 2.75) is 38.0 Å². The Kier molecular flexibility index (Phi) is 2.84. The zero-order valence-corrected chi connectivity index (χ0v) is 11.6. The summed E-state index contributed by atoms with van der Waals surface area (Å²) in [4.78, 5) is 14.4. The number of carbonyl (C=O) groups is 1. The fraction of sp³-hybridized carbons (Fsp3) is 0.733. The monoisotopic (exact) mass is 276 g/mol. The van der Waals surface area contributed by atoms with E-state index >= 15 is 0 Å². The van der Waals surface area contributed by atoms with E-state index in [9.17, 15) is 4.79 Å². The van der Waals surface area contributed by atoms with E-state index in [1.807, 2.05) is 11.0 Å². The lowest BCUT2D eigenvalue weighted by molar-refractivity contribution is 0.0190. The second-order valence-electron chi connectivity index (χ2n) is 6.48. The standard InChI is InChI=1S/C15H20N2O3/c18-14(12-9-13(20-16-12)11-1-2-11)17-6-3-15(10-17)4-7-19-8-5-15/h9,11H,1-8,10H2. The van der Waals surface area contributed by atoms with Gasteiger partial charge in [0.25, 0.3) is 5.91 Å². The molecule has 3 fully saturated rings. The van der Waals surface area contributed by atoms with E-state index in [-0.39, 0.29) is 11.3 Å². The summed E-state index contributed by atoms with van der Waals surface area (Å²) in [5.41, 5.74) is 0.771. The van der Waals surface area contributed by atoms with Gasteiger partial charge in [-0.3, -0.25) is 4.79 Å². The maximum Gasteiger partial charge on any atom is 0.276 e. The van der Waals surface area contributed by atoms with Crippen LogP contribution in [0.4, 0.5) is 0 Å². The molecule has 108 valence electrons. The van der Waals surface area contributed by atoms with Gasteiger partial charge in [0.05, 0.1) is 0 Å². The van der Waals surface area contributed by atoms with Gasteiger partial charge < -0.3 is 14.2 Å². The van der Waals surface area contributed by atoms with E-state index in [4.69, 9.17) is 9.26 Å². The molecule has 20 heavy (non-hydrogen) atoms. The van der Waals surface area contributed by atoms with Crippen molar-refractivity contribution in [2.24, 2.45) is 5.41 Å². The minimum atomic E-state index is 0.0315. The number of amides is 1. The number of ether oxygens (including phenoxy) is 1. The van der Waals surface area contributed by atoms with Crippen molar-refractivity contribution in [3.8, 4) is 0 Å². The minimum Gasteiger partial charge on any atom is -0.381 e. The van der Waals surface area contributed by atoms with E-state index in [1.165, 1.54) is 0 Å². The van der Waals surface area contributed by atoms with Crippen LogP contribution in [0.5, 0.6) is 0 Å². The van der Waals surface area contributed by atoms with Crippen LogP contribution < -0.4 is 0 Å². The molecule has 0 unspecified atom stereocenters. The smallest absolute Gasteiger partial charge is 0.276 e. The van der Waals surface area contributed by atoms with Gasteiger partial charge in [0, 0.05) is 38.3 Å². The van der Waals surface area contributed by atoms with Gasteiger partial charge in [-0.2, -0.15) is 0 Å². The Labute approximate surface area is 118 Å². The molecule has 1 amide bonds. The molecular weight excluding hydrogens is 256 g/mol. The van der Waals surface area contributed by atoms with Crippen LogP contribution in [0, 0.1) is 5.41 Å². The Hall–Kier alpha value is -1.36. The molecule has 1 aromatic rings. The maximum atomic E-state index is 12.5. The van der Waals surface area contributed by atoms with Gasteiger partial charge in [-0.1, -0.05) is 5.16 Å². The summed E-state index contributed by atoms with van der Waals surface area (Å²) in [6.07, 6.45) is 5.56. The predicted molar refractivity (Wildman–Crippen MR) is 71.5 cm³/mol. The normalized spacial score (nSPS) is 25.3. The number of likely N-dealkylation sites (tertiary alicyclic amines) is 1. The van der Waals surface area contributed by atoms with Gasteiger partial charge in [-0.05, 0) is 37.5 Å². The molecule has 5 nitrogen and oxygen atoms in total. The number of hydrogen-bond donors (Lipinski definition) is 0. The lowest BCUT2D eigenvalue weighted by atomic mass is 9.80. The van der Waals surface area contributed by atoms with Crippen molar-refractivity contribution < 1.29 is 14.1 Å². The molecule has 2 saturated heterocycles. The fourth-order valence-corrected chi connectivity index (χ4v) is 3.43. The van der Waals surface area contributed by atoms with Crippen molar-refractivity contribution in [1.82, 2.24) is 10.1 Å². The third-order valence-corrected chi connectivity index (χ3v) is 5.01. The van der Waals surface area contributed by atoms with Crippen LogP contribution in [0.2, 0.25) is 0 Å². The number of carbonyl (C=O) groups excluding carboxylic acids is 1. The molecule has 3 aliphatic rings. The molecule has 2 aliphatic heterocycles. The summed E-state index contributed by atoms with van der Waals surface area (Å²) in [5, 5.41) is 3.96. The van der Waals surface area contributed by atoms with Crippen LogP contribution in [-0.2, 0) is 4.74 Å². The first kappa shape index (κ1) is 12.4. The largest absolute Gasteiger partial charge is 0.381 e. The summed E-state index contributed by atoms with van der Waals surface area (Å²) in [5.74, 6) is 1.42. The van der Waals surface area contributed by atoms with Gasteiger partial charge in [-0.15, -0.1) is 0 Å². The highest BCUT2D eigenvalue weighted by Gasteiger charge is 2.41. The van der Waals surface area contributed by atoms with Crippen LogP contribution in [0.3, 0.4) is 0 Å². The molecule has 0 atom stereocenters. The van der Waals surface area contributed by atoms with Crippen LogP contribution in [0.1, 0.15) is 54.3 Å². The van der Waals surface area contributed by atoms with Crippen molar-refractivity contribution >= 4 is 5.91 Å². The molecular formula is C15H20N2O3. The van der Waals surface area contributed by atoms with Crippen LogP contribution >= 0.6 is 0 Å². The van der Waals surface area contributed by atoms with Crippen LogP contribution in [0.25, 0.3) is 0 Å². The minimum absolute atomic E-state index is 0.0315. The maximum absolute atomic E-state index is 12.5. The van der Waals surface area contributed by atoms with Gasteiger partial charge in [0.1, 0.15) is 5.76 Å². The highest BCUT2D eigenvalue weighted by atomic mass is 16.5. The average Bonchev–Trinajstić information content (AvgIpc) is 3.07. The molecule has 5 heteroatoms. The second kappa shape index (κ2) is 4.58. The quantitative estimate of drug-likeness (QED) is 0.831. The first-order valence-corrected chi connectivity index (χ1v) is 7.59. The topological polar surface area (TPSA) is 55.6 Å². The van der Waals surface area contributed by atoms with E-state index in [0.29, 0.717) is 11.6 Å². The summed E-state index contributed by atoms with van der Waals surface area (Å²) in [7, 11) is 0. The Bertz CT molecular complexity index is 515. The van der Waals surface area contributed by atoms with Crippen molar-refractivity contribution in [2.75, 3.05) is 26.3 Å². The molecule has 0 bridgehead atoms. The SMILES string of the molecule is O=C(c1cc(C2CC2)on1)N1CCC2(CCOCC2)C1. The Morgan fingerprint density at radius 2 is 2.10 bits per heavy atom. The predicted octanol–water partition coefficient (Wildman–Crippen LogP) is 2.19. The van der Waals surface area contributed by atoms with Gasteiger partial charge in [0.15, 0.2) is 5.69 Å². The molecule has 1 aliphatic carbocycles. The summed E-state index contributed by atoms with van der Waals surface area (Å²) >= 11 is 0. The van der Waals surface area contributed by atoms with Crippen molar-refractivity contribution in [1.29, 1.82) is 0 Å². The third kappa shape index (κ3) is 2.14. The fourth-order valence-electron chi connectivity index (χ4n) is 3.43. The number of nitrogens with zero attached hydrogens (tertiary/aromatic N) is 2. The van der Waals surface area contributed by atoms with E-state index < -0.39 is 0 Å². The van der Waals surface area contributed by atoms with Crippen LogP contribution in [-0.4, -0.2) is 42.3 Å². The van der Waals surface area contributed by atoms with Crippen molar-refractivity contribution in [3.63, 3.8) is 0 Å². The van der Waals surface area contributed by atoms with E-state index in [2.05, 4.69) is 5.16 Å². The molecule has 1 aromatic heterocycles. The number of aromatic nitrogens is 1. The molecule has 4 rings (SSSR count). The lowest BCUT2D eigenvalue weighted by Gasteiger charge is -2.32. The molecule has 0 N–H and O–H groups in total. The molecule has 0 aromatic carbocycles. The van der Waals surface area contributed by atoms with E-state index in [1.54, 1.807) is 0 Å². The first-order chi connectivity index (χ1) is 9.76. The van der Waals surface area contributed by atoms with E-state index in [0.717, 1.165) is 64.2 Å². The summed E-state index contributed by atoms with van der Waals surface area (Å²) < 4.78 is 10.7. The van der Waals surface area contributed by atoms with Crippen LogP contribution in [0.15, 0.2) is 10.6 Å². The van der Waals surface area contributed by atoms with Crippen molar-refractivity contribution in [3.05, 3.63) is 17.5 Å². The highest BCUT2D eigenvalue weighted by Crippen LogP contribution is 2.41. The Balaban J connectivity index is 1.45. The zero-order valence-electron chi connectivity index (χ0n) is 11.6. The Morgan fingerprint density at radius 3 is 2.85 bits per heavy atom. The Morgan fingerprint density at radius 1 is 1.30 bits per heavy atom. The zero-order chi connectivity index (χ0) is 13.6.